The number of amides is 1. The predicted octanol–water partition coefficient (Wildman–Crippen LogP) is 5.46. The maximum Gasteiger partial charge on any atom is 0.263 e. The SMILES string of the molecule is COc1ccc(CNC(=O)c2scc(-c3ccc(C)cc3)c2-n2cccc2)c(OC)c1. The van der Waals surface area contributed by atoms with Crippen molar-refractivity contribution in [3.05, 3.63) is 88.4 Å². The van der Waals surface area contributed by atoms with Gasteiger partial charge in [0.25, 0.3) is 5.91 Å². The molecule has 0 radical (unpaired) electrons. The molecule has 2 aromatic carbocycles. The molecule has 31 heavy (non-hydrogen) atoms. The van der Waals surface area contributed by atoms with Gasteiger partial charge in [-0.1, -0.05) is 29.8 Å². The third-order valence-corrected chi connectivity index (χ3v) is 6.10. The lowest BCUT2D eigenvalue weighted by atomic mass is 10.0. The number of carbonyl (C=O) groups is 1. The van der Waals surface area contributed by atoms with Gasteiger partial charge in [-0.05, 0) is 36.8 Å². The van der Waals surface area contributed by atoms with Crippen molar-refractivity contribution in [2.75, 3.05) is 14.2 Å². The molecule has 0 atom stereocenters. The van der Waals surface area contributed by atoms with Gasteiger partial charge in [0, 0.05) is 41.5 Å². The number of ether oxygens (including phenoxy) is 2. The van der Waals surface area contributed by atoms with Gasteiger partial charge >= 0.3 is 0 Å². The molecular formula is C25H24N2O3S. The summed E-state index contributed by atoms with van der Waals surface area (Å²) in [6.07, 6.45) is 3.92. The minimum atomic E-state index is -0.120. The fourth-order valence-electron chi connectivity index (χ4n) is 3.44. The molecule has 0 aliphatic heterocycles. The van der Waals surface area contributed by atoms with Crippen LogP contribution in [0.4, 0.5) is 0 Å². The summed E-state index contributed by atoms with van der Waals surface area (Å²) in [7, 11) is 3.22. The van der Waals surface area contributed by atoms with Crippen LogP contribution in [0.15, 0.2) is 72.4 Å². The van der Waals surface area contributed by atoms with Crippen LogP contribution in [0.1, 0.15) is 20.8 Å². The molecule has 0 unspecified atom stereocenters. The molecular weight excluding hydrogens is 408 g/mol. The molecule has 1 N–H and O–H groups in total. The molecule has 5 nitrogen and oxygen atoms in total. The Bertz CT molecular complexity index is 1180. The highest BCUT2D eigenvalue weighted by molar-refractivity contribution is 7.13. The monoisotopic (exact) mass is 432 g/mol. The first-order valence-corrected chi connectivity index (χ1v) is 10.8. The van der Waals surface area contributed by atoms with E-state index in [9.17, 15) is 4.79 Å². The van der Waals surface area contributed by atoms with Gasteiger partial charge in [0.15, 0.2) is 0 Å². The first-order chi connectivity index (χ1) is 15.1. The van der Waals surface area contributed by atoms with Crippen molar-refractivity contribution in [1.82, 2.24) is 9.88 Å². The van der Waals surface area contributed by atoms with Crippen LogP contribution in [-0.4, -0.2) is 24.7 Å². The zero-order valence-corrected chi connectivity index (χ0v) is 18.5. The summed E-state index contributed by atoms with van der Waals surface area (Å²) >= 11 is 1.45. The number of carbonyl (C=O) groups excluding carboxylic acids is 1. The van der Waals surface area contributed by atoms with Crippen LogP contribution in [0, 0.1) is 6.92 Å². The van der Waals surface area contributed by atoms with E-state index in [0.29, 0.717) is 22.9 Å². The Hall–Kier alpha value is -3.51. The van der Waals surface area contributed by atoms with Crippen LogP contribution >= 0.6 is 11.3 Å². The van der Waals surface area contributed by atoms with Gasteiger partial charge in [0.1, 0.15) is 16.4 Å². The summed E-state index contributed by atoms with van der Waals surface area (Å²) in [6, 6.07) is 17.8. The van der Waals surface area contributed by atoms with E-state index < -0.39 is 0 Å². The van der Waals surface area contributed by atoms with Crippen LogP contribution in [0.25, 0.3) is 16.8 Å². The summed E-state index contributed by atoms with van der Waals surface area (Å²) in [5.41, 5.74) is 5.09. The van der Waals surface area contributed by atoms with E-state index in [4.69, 9.17) is 9.47 Å². The molecule has 1 amide bonds. The summed E-state index contributed by atoms with van der Waals surface area (Å²) < 4.78 is 12.7. The third-order valence-electron chi connectivity index (χ3n) is 5.13. The lowest BCUT2D eigenvalue weighted by Crippen LogP contribution is -2.23. The van der Waals surface area contributed by atoms with Gasteiger partial charge in [-0.2, -0.15) is 0 Å². The second-order valence-electron chi connectivity index (χ2n) is 7.14. The molecule has 6 heteroatoms. The quantitative estimate of drug-likeness (QED) is 0.422. The Balaban J connectivity index is 1.64. The van der Waals surface area contributed by atoms with Crippen LogP contribution < -0.4 is 14.8 Å². The highest BCUT2D eigenvalue weighted by atomic mass is 32.1. The van der Waals surface area contributed by atoms with Crippen LogP contribution in [0.5, 0.6) is 11.5 Å². The van der Waals surface area contributed by atoms with E-state index in [1.807, 2.05) is 52.7 Å². The molecule has 0 aliphatic rings. The zero-order chi connectivity index (χ0) is 21.8. The molecule has 0 saturated carbocycles. The van der Waals surface area contributed by atoms with Crippen LogP contribution in [0.2, 0.25) is 0 Å². The molecule has 4 aromatic rings. The van der Waals surface area contributed by atoms with Crippen molar-refractivity contribution in [2.24, 2.45) is 0 Å². The minimum Gasteiger partial charge on any atom is -0.497 e. The highest BCUT2D eigenvalue weighted by Gasteiger charge is 2.20. The molecule has 0 spiro atoms. The Kier molecular flexibility index (Phi) is 6.09. The van der Waals surface area contributed by atoms with Crippen molar-refractivity contribution < 1.29 is 14.3 Å². The summed E-state index contributed by atoms with van der Waals surface area (Å²) in [4.78, 5) is 13.8. The van der Waals surface area contributed by atoms with E-state index in [2.05, 4.69) is 36.5 Å². The molecule has 2 aromatic heterocycles. The van der Waals surface area contributed by atoms with Gasteiger partial charge < -0.3 is 19.4 Å². The zero-order valence-electron chi connectivity index (χ0n) is 17.7. The van der Waals surface area contributed by atoms with Gasteiger partial charge in [-0.15, -0.1) is 11.3 Å². The van der Waals surface area contributed by atoms with E-state index in [1.54, 1.807) is 14.2 Å². The van der Waals surface area contributed by atoms with Crippen molar-refractivity contribution in [3.8, 4) is 28.3 Å². The number of benzene rings is 2. The number of thiophene rings is 1. The predicted molar refractivity (Wildman–Crippen MR) is 125 cm³/mol. The molecule has 4 rings (SSSR count). The first kappa shape index (κ1) is 20.8. The summed E-state index contributed by atoms with van der Waals surface area (Å²) in [6.45, 7) is 2.42. The Morgan fingerprint density at radius 1 is 1.03 bits per heavy atom. The average Bonchev–Trinajstić information content (AvgIpc) is 3.47. The Morgan fingerprint density at radius 3 is 2.45 bits per heavy atom. The number of aryl methyl sites for hydroxylation is 1. The van der Waals surface area contributed by atoms with Gasteiger partial charge in [0.05, 0.1) is 19.9 Å². The van der Waals surface area contributed by atoms with E-state index >= 15 is 0 Å². The molecule has 158 valence electrons. The van der Waals surface area contributed by atoms with Gasteiger partial charge in [-0.3, -0.25) is 4.79 Å². The second kappa shape index (κ2) is 9.10. The molecule has 2 heterocycles. The van der Waals surface area contributed by atoms with Gasteiger partial charge in [0.2, 0.25) is 0 Å². The number of nitrogens with zero attached hydrogens (tertiary/aromatic N) is 1. The highest BCUT2D eigenvalue weighted by Crippen LogP contribution is 2.35. The fourth-order valence-corrected chi connectivity index (χ4v) is 4.43. The number of methoxy groups -OCH3 is 2. The lowest BCUT2D eigenvalue weighted by molar-refractivity contribution is 0.0955. The fraction of sp³-hybridized carbons (Fsp3) is 0.160. The maximum atomic E-state index is 13.2. The number of aromatic nitrogens is 1. The van der Waals surface area contributed by atoms with Gasteiger partial charge in [-0.25, -0.2) is 0 Å². The standard InChI is InChI=1S/C25H24N2O3S/c1-17-6-8-18(9-7-17)21-16-31-24(23(21)27-12-4-5-13-27)25(28)26-15-19-10-11-20(29-2)14-22(19)30-3/h4-14,16H,15H2,1-3H3,(H,26,28). The van der Waals surface area contributed by atoms with Crippen molar-refractivity contribution in [3.63, 3.8) is 0 Å². The van der Waals surface area contributed by atoms with Crippen molar-refractivity contribution >= 4 is 17.2 Å². The maximum absolute atomic E-state index is 13.2. The number of hydrogen-bond donors (Lipinski definition) is 1. The number of nitrogens with one attached hydrogen (secondary N) is 1. The number of rotatable bonds is 7. The smallest absolute Gasteiger partial charge is 0.263 e. The Morgan fingerprint density at radius 2 is 1.77 bits per heavy atom. The topological polar surface area (TPSA) is 52.5 Å². The third kappa shape index (κ3) is 4.34. The normalized spacial score (nSPS) is 10.7. The average molecular weight is 433 g/mol. The van der Waals surface area contributed by atoms with Crippen molar-refractivity contribution in [2.45, 2.75) is 13.5 Å². The second-order valence-corrected chi connectivity index (χ2v) is 8.02. The van der Waals surface area contributed by atoms with Crippen LogP contribution in [-0.2, 0) is 6.54 Å². The van der Waals surface area contributed by atoms with Crippen LogP contribution in [0.3, 0.4) is 0 Å². The summed E-state index contributed by atoms with van der Waals surface area (Å²) in [5.74, 6) is 1.27. The van der Waals surface area contributed by atoms with Crippen molar-refractivity contribution in [1.29, 1.82) is 0 Å². The van der Waals surface area contributed by atoms with E-state index in [-0.39, 0.29) is 5.91 Å². The van der Waals surface area contributed by atoms with E-state index in [1.165, 1.54) is 16.9 Å². The summed E-state index contributed by atoms with van der Waals surface area (Å²) in [5, 5.41) is 5.09. The molecule has 0 aliphatic carbocycles. The number of hydrogen-bond acceptors (Lipinski definition) is 4. The molecule has 0 bridgehead atoms. The van der Waals surface area contributed by atoms with E-state index in [0.717, 1.165) is 22.4 Å². The molecule has 0 fully saturated rings. The lowest BCUT2D eigenvalue weighted by Gasteiger charge is -2.13. The largest absolute Gasteiger partial charge is 0.497 e. The first-order valence-electron chi connectivity index (χ1n) is 9.91. The molecule has 0 saturated heterocycles. The Labute approximate surface area is 185 Å². The minimum absolute atomic E-state index is 0.120.